The highest BCUT2D eigenvalue weighted by atomic mass is 16.5. The Morgan fingerprint density at radius 2 is 1.39 bits per heavy atom. The molecule has 3 rings (SSSR count). The Kier molecular flexibility index (Phi) is 6.75. The van der Waals surface area contributed by atoms with Crippen LogP contribution in [0.1, 0.15) is 56.6 Å². The number of allylic oxidation sites excluding steroid dienone is 1. The molecule has 0 spiro atoms. The van der Waals surface area contributed by atoms with E-state index in [0.717, 1.165) is 29.5 Å². The van der Waals surface area contributed by atoms with Gasteiger partial charge in [-0.1, -0.05) is 42.7 Å². The van der Waals surface area contributed by atoms with Gasteiger partial charge in [-0.3, -0.25) is 4.79 Å². The monoisotopic (exact) mass is 380 g/mol. The number of aromatic hydroxyl groups is 2. The molecule has 1 fully saturated rings. The molecule has 2 N–H and O–H groups in total. The molecule has 0 atom stereocenters. The number of hydrogen-bond acceptors (Lipinski definition) is 4. The Bertz CT molecular complexity index is 765. The Morgan fingerprint density at radius 3 is 1.86 bits per heavy atom. The fourth-order valence-electron chi connectivity index (χ4n) is 4.07. The lowest BCUT2D eigenvalue weighted by molar-refractivity contribution is -0.143. The summed E-state index contributed by atoms with van der Waals surface area (Å²) >= 11 is 0. The zero-order chi connectivity index (χ0) is 19.9. The van der Waals surface area contributed by atoms with Crippen molar-refractivity contribution in [3.8, 4) is 11.5 Å². The van der Waals surface area contributed by atoms with Gasteiger partial charge >= 0.3 is 5.97 Å². The molecule has 4 heteroatoms. The number of ether oxygens (including phenoxy) is 1. The van der Waals surface area contributed by atoms with Crippen LogP contribution >= 0.6 is 0 Å². The maximum absolute atomic E-state index is 12.0. The van der Waals surface area contributed by atoms with Crippen LogP contribution in [0, 0.1) is 5.92 Å². The zero-order valence-electron chi connectivity index (χ0n) is 16.4. The van der Waals surface area contributed by atoms with Crippen LogP contribution in [0.2, 0.25) is 0 Å². The first kappa shape index (κ1) is 20.0. The second kappa shape index (κ2) is 9.45. The standard InChI is InChI=1S/C24H28O4/c1-2-28-23(27)16-15-22(17-5-3-4-6-17)24(18-7-11-20(25)12-8-18)19-9-13-21(26)14-10-19/h7-14,17,25-26H,2-6,15-16H2,1H3. The quantitative estimate of drug-likeness (QED) is 0.628. The van der Waals surface area contributed by atoms with Crippen LogP contribution in [-0.2, 0) is 9.53 Å². The van der Waals surface area contributed by atoms with Gasteiger partial charge in [0.1, 0.15) is 11.5 Å². The van der Waals surface area contributed by atoms with E-state index in [0.29, 0.717) is 25.4 Å². The van der Waals surface area contributed by atoms with Gasteiger partial charge in [0.15, 0.2) is 0 Å². The Morgan fingerprint density at radius 1 is 0.893 bits per heavy atom. The van der Waals surface area contributed by atoms with Crippen molar-refractivity contribution in [3.63, 3.8) is 0 Å². The first-order valence-corrected chi connectivity index (χ1v) is 10.1. The highest BCUT2D eigenvalue weighted by molar-refractivity contribution is 5.83. The van der Waals surface area contributed by atoms with Crippen LogP contribution in [0.5, 0.6) is 11.5 Å². The van der Waals surface area contributed by atoms with Crippen molar-refractivity contribution in [2.24, 2.45) is 5.92 Å². The van der Waals surface area contributed by atoms with Gasteiger partial charge in [-0.2, -0.15) is 0 Å². The van der Waals surface area contributed by atoms with E-state index >= 15 is 0 Å². The van der Waals surface area contributed by atoms with Gasteiger partial charge in [0, 0.05) is 6.42 Å². The molecule has 0 heterocycles. The van der Waals surface area contributed by atoms with Gasteiger partial charge < -0.3 is 14.9 Å². The average molecular weight is 380 g/mol. The SMILES string of the molecule is CCOC(=O)CCC(=C(c1ccc(O)cc1)c1ccc(O)cc1)C1CCCC1. The first-order valence-electron chi connectivity index (χ1n) is 10.1. The summed E-state index contributed by atoms with van der Waals surface area (Å²) in [5.41, 5.74) is 4.38. The third kappa shape index (κ3) is 4.94. The number of carbonyl (C=O) groups excluding carboxylic acids is 1. The lowest BCUT2D eigenvalue weighted by Crippen LogP contribution is -2.09. The molecule has 4 nitrogen and oxygen atoms in total. The molecule has 28 heavy (non-hydrogen) atoms. The summed E-state index contributed by atoms with van der Waals surface area (Å²) in [5.74, 6) is 0.714. The molecule has 0 aliphatic heterocycles. The van der Waals surface area contributed by atoms with Crippen molar-refractivity contribution in [3.05, 3.63) is 65.2 Å². The molecule has 0 bridgehead atoms. The minimum Gasteiger partial charge on any atom is -0.508 e. The maximum Gasteiger partial charge on any atom is 0.306 e. The number of phenols is 2. The summed E-state index contributed by atoms with van der Waals surface area (Å²) in [4.78, 5) is 12.0. The van der Waals surface area contributed by atoms with Crippen molar-refractivity contribution in [1.29, 1.82) is 0 Å². The summed E-state index contributed by atoms with van der Waals surface area (Å²) < 4.78 is 5.15. The molecule has 0 unspecified atom stereocenters. The molecule has 1 aliphatic rings. The molecule has 148 valence electrons. The Balaban J connectivity index is 2.08. The van der Waals surface area contributed by atoms with Gasteiger partial charge in [0.2, 0.25) is 0 Å². The van der Waals surface area contributed by atoms with E-state index in [1.165, 1.54) is 18.4 Å². The van der Waals surface area contributed by atoms with Crippen molar-refractivity contribution in [2.45, 2.75) is 45.4 Å². The van der Waals surface area contributed by atoms with Gasteiger partial charge in [0.05, 0.1) is 6.61 Å². The summed E-state index contributed by atoms with van der Waals surface area (Å²) in [6.07, 6.45) is 5.66. The lowest BCUT2D eigenvalue weighted by atomic mass is 9.83. The second-order valence-corrected chi connectivity index (χ2v) is 7.28. The first-order chi connectivity index (χ1) is 13.6. The summed E-state index contributed by atoms with van der Waals surface area (Å²) in [6, 6.07) is 14.4. The maximum atomic E-state index is 12.0. The summed E-state index contributed by atoms with van der Waals surface area (Å²) in [6.45, 7) is 2.22. The van der Waals surface area contributed by atoms with Crippen LogP contribution in [0.4, 0.5) is 0 Å². The molecule has 1 aliphatic carbocycles. The summed E-state index contributed by atoms with van der Waals surface area (Å²) in [5, 5.41) is 19.4. The molecule has 0 radical (unpaired) electrons. The zero-order valence-corrected chi connectivity index (χ0v) is 16.4. The Hall–Kier alpha value is -2.75. The fourth-order valence-corrected chi connectivity index (χ4v) is 4.07. The van der Waals surface area contributed by atoms with Crippen molar-refractivity contribution >= 4 is 11.5 Å². The molecule has 0 amide bonds. The largest absolute Gasteiger partial charge is 0.508 e. The number of esters is 1. The average Bonchev–Trinajstić information content (AvgIpc) is 3.22. The lowest BCUT2D eigenvalue weighted by Gasteiger charge is -2.22. The van der Waals surface area contributed by atoms with Crippen molar-refractivity contribution in [2.75, 3.05) is 6.61 Å². The predicted octanol–water partition coefficient (Wildman–Crippen LogP) is 5.43. The number of phenolic OH excluding ortho intramolecular Hbond substituents is 2. The van der Waals surface area contributed by atoms with Gasteiger partial charge in [0.25, 0.3) is 0 Å². The topological polar surface area (TPSA) is 66.8 Å². The van der Waals surface area contributed by atoms with Crippen molar-refractivity contribution < 1.29 is 19.7 Å². The van der Waals surface area contributed by atoms with E-state index in [9.17, 15) is 15.0 Å². The highest BCUT2D eigenvalue weighted by Crippen LogP contribution is 2.40. The van der Waals surface area contributed by atoms with E-state index in [1.807, 2.05) is 31.2 Å². The predicted molar refractivity (Wildman–Crippen MR) is 110 cm³/mol. The molecule has 2 aromatic carbocycles. The van der Waals surface area contributed by atoms with Crippen LogP contribution in [0.3, 0.4) is 0 Å². The molecule has 1 saturated carbocycles. The van der Waals surface area contributed by atoms with Crippen LogP contribution in [0.25, 0.3) is 5.57 Å². The van der Waals surface area contributed by atoms with Crippen LogP contribution < -0.4 is 0 Å². The molecule has 2 aromatic rings. The third-order valence-electron chi connectivity index (χ3n) is 5.38. The Labute approximate surface area is 166 Å². The van der Waals surface area contributed by atoms with E-state index in [4.69, 9.17) is 4.74 Å². The summed E-state index contributed by atoms with van der Waals surface area (Å²) in [7, 11) is 0. The number of hydrogen-bond donors (Lipinski definition) is 2. The number of carbonyl (C=O) groups is 1. The number of benzene rings is 2. The smallest absolute Gasteiger partial charge is 0.306 e. The second-order valence-electron chi connectivity index (χ2n) is 7.28. The van der Waals surface area contributed by atoms with Gasteiger partial charge in [-0.05, 0) is 73.1 Å². The molecular formula is C24H28O4. The fraction of sp³-hybridized carbons (Fsp3) is 0.375. The van der Waals surface area contributed by atoms with Crippen LogP contribution in [-0.4, -0.2) is 22.8 Å². The van der Waals surface area contributed by atoms with Gasteiger partial charge in [-0.15, -0.1) is 0 Å². The minimum absolute atomic E-state index is 0.172. The van der Waals surface area contributed by atoms with E-state index in [1.54, 1.807) is 24.3 Å². The normalized spacial score (nSPS) is 14.0. The van der Waals surface area contributed by atoms with E-state index in [2.05, 4.69) is 0 Å². The minimum atomic E-state index is -0.172. The van der Waals surface area contributed by atoms with Crippen molar-refractivity contribution in [1.82, 2.24) is 0 Å². The van der Waals surface area contributed by atoms with Gasteiger partial charge in [-0.25, -0.2) is 0 Å². The number of rotatable bonds is 7. The molecule has 0 saturated heterocycles. The molecular weight excluding hydrogens is 352 g/mol. The van der Waals surface area contributed by atoms with E-state index in [-0.39, 0.29) is 17.5 Å². The highest BCUT2D eigenvalue weighted by Gasteiger charge is 2.24. The van der Waals surface area contributed by atoms with Crippen LogP contribution in [0.15, 0.2) is 54.1 Å². The molecule has 0 aromatic heterocycles. The van der Waals surface area contributed by atoms with E-state index < -0.39 is 0 Å². The third-order valence-corrected chi connectivity index (χ3v) is 5.38.